The Balaban J connectivity index is 2.27. The topological polar surface area (TPSA) is 75.0 Å². The second-order valence-electron chi connectivity index (χ2n) is 4.53. The van der Waals surface area contributed by atoms with E-state index >= 15 is 0 Å². The highest BCUT2D eigenvalue weighted by Crippen LogP contribution is 2.26. The summed E-state index contributed by atoms with van der Waals surface area (Å²) in [5.41, 5.74) is 5.59. The number of nitrogens with zero attached hydrogens (tertiary/aromatic N) is 2. The van der Waals surface area contributed by atoms with Crippen LogP contribution in [0.5, 0.6) is 0 Å². The van der Waals surface area contributed by atoms with Gasteiger partial charge in [-0.1, -0.05) is 0 Å². The second-order valence-corrected chi connectivity index (χ2v) is 4.53. The molecule has 1 aromatic heterocycles. The van der Waals surface area contributed by atoms with Crippen LogP contribution < -0.4 is 16.2 Å². The summed E-state index contributed by atoms with van der Waals surface area (Å²) >= 11 is 0. The van der Waals surface area contributed by atoms with Gasteiger partial charge in [-0.2, -0.15) is 0 Å². The summed E-state index contributed by atoms with van der Waals surface area (Å²) in [6.07, 6.45) is 1.07. The monoisotopic (exact) mass is 222 g/mol. The van der Waals surface area contributed by atoms with Gasteiger partial charge in [-0.3, -0.25) is 4.79 Å². The third-order valence-electron chi connectivity index (χ3n) is 3.14. The first-order valence-corrected chi connectivity index (χ1v) is 5.65. The van der Waals surface area contributed by atoms with Crippen LogP contribution in [-0.2, 0) is 0 Å². The summed E-state index contributed by atoms with van der Waals surface area (Å²) in [7, 11) is 0. The third kappa shape index (κ3) is 2.09. The molecule has 0 bridgehead atoms. The van der Waals surface area contributed by atoms with Crippen LogP contribution in [-0.4, -0.2) is 29.1 Å². The van der Waals surface area contributed by atoms with Crippen LogP contribution in [0, 0.1) is 12.8 Å². The fourth-order valence-corrected chi connectivity index (χ4v) is 2.34. The van der Waals surface area contributed by atoms with Crippen LogP contribution in [0.1, 0.15) is 19.2 Å². The van der Waals surface area contributed by atoms with Gasteiger partial charge in [0.2, 0.25) is 0 Å². The van der Waals surface area contributed by atoms with Crippen molar-refractivity contribution in [1.29, 1.82) is 0 Å². The lowest BCUT2D eigenvalue weighted by Crippen LogP contribution is -2.30. The Kier molecular flexibility index (Phi) is 2.96. The van der Waals surface area contributed by atoms with Crippen LogP contribution in [0.15, 0.2) is 10.9 Å². The maximum Gasteiger partial charge on any atom is 0.252 e. The number of anilines is 1. The lowest BCUT2D eigenvalue weighted by Gasteiger charge is -2.22. The fourth-order valence-electron chi connectivity index (χ4n) is 2.34. The van der Waals surface area contributed by atoms with E-state index in [1.165, 1.54) is 0 Å². The number of nitrogens with two attached hydrogens (primary N) is 1. The maximum atomic E-state index is 11.4. The van der Waals surface area contributed by atoms with Crippen molar-refractivity contribution < 1.29 is 0 Å². The molecule has 5 heteroatoms. The van der Waals surface area contributed by atoms with Crippen molar-refractivity contribution in [3.8, 4) is 0 Å². The number of H-pyrrole nitrogens is 1. The summed E-state index contributed by atoms with van der Waals surface area (Å²) in [6.45, 7) is 5.54. The lowest BCUT2D eigenvalue weighted by atomic mass is 10.1. The zero-order valence-electron chi connectivity index (χ0n) is 9.73. The number of aromatic amines is 1. The summed E-state index contributed by atoms with van der Waals surface area (Å²) < 4.78 is 0. The smallest absolute Gasteiger partial charge is 0.252 e. The molecular formula is C11H18N4O. The van der Waals surface area contributed by atoms with Gasteiger partial charge in [-0.25, -0.2) is 4.98 Å². The molecule has 2 rings (SSSR count). The number of rotatable bonds is 2. The van der Waals surface area contributed by atoms with Gasteiger partial charge in [0.25, 0.3) is 5.56 Å². The van der Waals surface area contributed by atoms with Crippen molar-refractivity contribution in [2.24, 2.45) is 11.7 Å². The molecule has 16 heavy (non-hydrogen) atoms. The van der Waals surface area contributed by atoms with Gasteiger partial charge < -0.3 is 15.6 Å². The average molecular weight is 222 g/mol. The lowest BCUT2D eigenvalue weighted by molar-refractivity contribution is 0.579. The molecule has 2 unspecified atom stereocenters. The Bertz CT molecular complexity index is 428. The van der Waals surface area contributed by atoms with Crippen LogP contribution in [0.3, 0.4) is 0 Å². The molecule has 88 valence electrons. The Morgan fingerprint density at radius 2 is 2.44 bits per heavy atom. The second kappa shape index (κ2) is 4.25. The first kappa shape index (κ1) is 11.1. The van der Waals surface area contributed by atoms with Crippen molar-refractivity contribution in [1.82, 2.24) is 9.97 Å². The maximum absolute atomic E-state index is 11.4. The van der Waals surface area contributed by atoms with E-state index in [1.54, 1.807) is 13.0 Å². The van der Waals surface area contributed by atoms with Gasteiger partial charge in [-0.05, 0) is 32.7 Å². The molecule has 1 aliphatic heterocycles. The Morgan fingerprint density at radius 3 is 3.00 bits per heavy atom. The number of aromatic nitrogens is 2. The highest BCUT2D eigenvalue weighted by Gasteiger charge is 2.29. The Hall–Kier alpha value is -1.36. The molecule has 3 N–H and O–H groups in total. The molecule has 0 amide bonds. The molecule has 0 spiro atoms. The molecule has 5 nitrogen and oxygen atoms in total. The fraction of sp³-hybridized carbons (Fsp3) is 0.636. The molecule has 2 heterocycles. The van der Waals surface area contributed by atoms with Gasteiger partial charge in [0.15, 0.2) is 0 Å². The van der Waals surface area contributed by atoms with Crippen molar-refractivity contribution >= 4 is 5.82 Å². The van der Waals surface area contributed by atoms with Gasteiger partial charge in [0.05, 0.1) is 0 Å². The minimum Gasteiger partial charge on any atom is -0.353 e. The van der Waals surface area contributed by atoms with E-state index < -0.39 is 0 Å². The molecule has 0 aliphatic carbocycles. The van der Waals surface area contributed by atoms with Crippen molar-refractivity contribution in [2.75, 3.05) is 18.0 Å². The molecule has 1 aromatic rings. The van der Waals surface area contributed by atoms with Crippen molar-refractivity contribution in [3.05, 3.63) is 22.2 Å². The number of hydrogen-bond acceptors (Lipinski definition) is 4. The SMILES string of the molecule is Cc1nc(N2CC(CN)CC2C)cc(=O)[nH]1. The number of aryl methyl sites for hydroxylation is 1. The largest absolute Gasteiger partial charge is 0.353 e. The zero-order valence-corrected chi connectivity index (χ0v) is 9.73. The molecule has 1 saturated heterocycles. The molecule has 1 fully saturated rings. The summed E-state index contributed by atoms with van der Waals surface area (Å²) in [4.78, 5) is 20.6. The van der Waals surface area contributed by atoms with Crippen LogP contribution in [0.2, 0.25) is 0 Å². The van der Waals surface area contributed by atoms with Crippen LogP contribution in [0.25, 0.3) is 0 Å². The molecule has 0 saturated carbocycles. The minimum atomic E-state index is -0.0918. The van der Waals surface area contributed by atoms with Crippen LogP contribution in [0.4, 0.5) is 5.82 Å². The third-order valence-corrected chi connectivity index (χ3v) is 3.14. The van der Waals surface area contributed by atoms with Gasteiger partial charge in [-0.15, -0.1) is 0 Å². The summed E-state index contributed by atoms with van der Waals surface area (Å²) in [6, 6.07) is 1.96. The van der Waals surface area contributed by atoms with Crippen LogP contribution >= 0.6 is 0 Å². The zero-order chi connectivity index (χ0) is 11.7. The van der Waals surface area contributed by atoms with Crippen molar-refractivity contribution in [3.63, 3.8) is 0 Å². The normalized spacial score (nSPS) is 25.1. The van der Waals surface area contributed by atoms with E-state index in [4.69, 9.17) is 5.73 Å². The predicted molar refractivity (Wildman–Crippen MR) is 63.6 cm³/mol. The first-order chi connectivity index (χ1) is 7.60. The highest BCUT2D eigenvalue weighted by molar-refractivity contribution is 5.40. The minimum absolute atomic E-state index is 0.0918. The molecule has 0 aromatic carbocycles. The molecule has 1 aliphatic rings. The van der Waals surface area contributed by atoms with E-state index in [1.807, 2.05) is 0 Å². The van der Waals surface area contributed by atoms with E-state index in [0.29, 0.717) is 24.3 Å². The van der Waals surface area contributed by atoms with Gasteiger partial charge in [0.1, 0.15) is 11.6 Å². The highest BCUT2D eigenvalue weighted by atomic mass is 16.1. The molecule has 0 radical (unpaired) electrons. The summed E-state index contributed by atoms with van der Waals surface area (Å²) in [5, 5.41) is 0. The Labute approximate surface area is 94.7 Å². The Morgan fingerprint density at radius 1 is 1.69 bits per heavy atom. The van der Waals surface area contributed by atoms with Crippen molar-refractivity contribution in [2.45, 2.75) is 26.3 Å². The number of hydrogen-bond donors (Lipinski definition) is 2. The molecule has 2 atom stereocenters. The first-order valence-electron chi connectivity index (χ1n) is 5.65. The molecular weight excluding hydrogens is 204 g/mol. The van der Waals surface area contributed by atoms with Gasteiger partial charge in [0, 0.05) is 18.7 Å². The summed E-state index contributed by atoms with van der Waals surface area (Å²) in [5.74, 6) is 1.94. The van der Waals surface area contributed by atoms with E-state index in [2.05, 4.69) is 21.8 Å². The van der Waals surface area contributed by atoms with E-state index in [-0.39, 0.29) is 5.56 Å². The predicted octanol–water partition coefficient (Wildman–Crippen LogP) is 0.252. The van der Waals surface area contributed by atoms with E-state index in [9.17, 15) is 4.79 Å². The van der Waals surface area contributed by atoms with E-state index in [0.717, 1.165) is 18.8 Å². The quantitative estimate of drug-likeness (QED) is 0.752. The standard InChI is InChI=1S/C11H18N4O/c1-7-3-9(5-12)6-15(7)10-4-11(16)14-8(2)13-10/h4,7,9H,3,5-6,12H2,1-2H3,(H,13,14,16). The van der Waals surface area contributed by atoms with Gasteiger partial charge >= 0.3 is 0 Å². The average Bonchev–Trinajstić information content (AvgIpc) is 2.58. The number of nitrogens with one attached hydrogen (secondary N) is 1.